The Labute approximate surface area is 117 Å². The van der Waals surface area contributed by atoms with Crippen molar-refractivity contribution < 1.29 is 9.13 Å². The Morgan fingerprint density at radius 1 is 1.21 bits per heavy atom. The molecule has 0 amide bonds. The minimum atomic E-state index is -0.255. The SMILES string of the molecule is Cc1cc(F)ccc1OC(c1sccc1C)C(C)N. The molecule has 2 atom stereocenters. The van der Waals surface area contributed by atoms with Crippen molar-refractivity contribution in [1.82, 2.24) is 0 Å². The van der Waals surface area contributed by atoms with Gasteiger partial charge in [0, 0.05) is 10.9 Å². The third-order valence-corrected chi connectivity index (χ3v) is 4.11. The monoisotopic (exact) mass is 279 g/mol. The molecule has 0 aliphatic carbocycles. The Hall–Kier alpha value is -1.39. The van der Waals surface area contributed by atoms with Crippen molar-refractivity contribution in [2.24, 2.45) is 5.73 Å². The van der Waals surface area contributed by atoms with E-state index >= 15 is 0 Å². The van der Waals surface area contributed by atoms with Gasteiger partial charge >= 0.3 is 0 Å². The zero-order valence-electron chi connectivity index (χ0n) is 11.3. The van der Waals surface area contributed by atoms with Gasteiger partial charge in [0.2, 0.25) is 0 Å². The van der Waals surface area contributed by atoms with Gasteiger partial charge in [0.05, 0.1) is 0 Å². The minimum Gasteiger partial charge on any atom is -0.483 e. The Kier molecular flexibility index (Phi) is 4.22. The second kappa shape index (κ2) is 5.72. The van der Waals surface area contributed by atoms with Crippen LogP contribution in [0.2, 0.25) is 0 Å². The summed E-state index contributed by atoms with van der Waals surface area (Å²) in [5.41, 5.74) is 7.98. The summed E-state index contributed by atoms with van der Waals surface area (Å²) in [6.45, 7) is 5.79. The maximum atomic E-state index is 13.1. The molecule has 0 fully saturated rings. The number of hydrogen-bond acceptors (Lipinski definition) is 3. The van der Waals surface area contributed by atoms with E-state index in [1.54, 1.807) is 17.4 Å². The molecular weight excluding hydrogens is 261 g/mol. The molecule has 102 valence electrons. The van der Waals surface area contributed by atoms with Crippen LogP contribution in [0.4, 0.5) is 4.39 Å². The first kappa shape index (κ1) is 14.0. The summed E-state index contributed by atoms with van der Waals surface area (Å²) in [5, 5.41) is 2.03. The maximum absolute atomic E-state index is 13.1. The van der Waals surface area contributed by atoms with E-state index in [1.807, 2.05) is 26.2 Å². The average molecular weight is 279 g/mol. The Bertz CT molecular complexity index is 565. The third kappa shape index (κ3) is 3.14. The summed E-state index contributed by atoms with van der Waals surface area (Å²) in [6, 6.07) is 6.44. The first-order valence-electron chi connectivity index (χ1n) is 6.21. The van der Waals surface area contributed by atoms with Crippen LogP contribution in [-0.4, -0.2) is 6.04 Å². The molecule has 0 bridgehead atoms. The van der Waals surface area contributed by atoms with Crippen molar-refractivity contribution >= 4 is 11.3 Å². The van der Waals surface area contributed by atoms with Gasteiger partial charge in [0.1, 0.15) is 17.7 Å². The molecular formula is C15H18FNOS. The van der Waals surface area contributed by atoms with E-state index in [4.69, 9.17) is 10.5 Å². The van der Waals surface area contributed by atoms with Crippen LogP contribution in [0.25, 0.3) is 0 Å². The lowest BCUT2D eigenvalue weighted by molar-refractivity contribution is 0.182. The van der Waals surface area contributed by atoms with Crippen LogP contribution < -0.4 is 10.5 Å². The average Bonchev–Trinajstić information content (AvgIpc) is 2.74. The lowest BCUT2D eigenvalue weighted by Crippen LogP contribution is -2.29. The van der Waals surface area contributed by atoms with Gasteiger partial charge in [-0.1, -0.05) is 0 Å². The van der Waals surface area contributed by atoms with Crippen molar-refractivity contribution in [3.05, 3.63) is 51.5 Å². The number of aryl methyl sites for hydroxylation is 2. The Morgan fingerprint density at radius 2 is 1.95 bits per heavy atom. The van der Waals surface area contributed by atoms with Gasteiger partial charge in [-0.25, -0.2) is 4.39 Å². The first-order valence-corrected chi connectivity index (χ1v) is 7.09. The van der Waals surface area contributed by atoms with Crippen molar-refractivity contribution in [1.29, 1.82) is 0 Å². The largest absolute Gasteiger partial charge is 0.483 e. The maximum Gasteiger partial charge on any atom is 0.148 e. The number of halogens is 1. The van der Waals surface area contributed by atoms with Crippen molar-refractivity contribution in [2.75, 3.05) is 0 Å². The quantitative estimate of drug-likeness (QED) is 0.919. The zero-order valence-corrected chi connectivity index (χ0v) is 12.1. The first-order chi connectivity index (χ1) is 8.99. The van der Waals surface area contributed by atoms with Crippen LogP contribution in [-0.2, 0) is 0 Å². The molecule has 2 nitrogen and oxygen atoms in total. The van der Waals surface area contributed by atoms with Gasteiger partial charge in [0.25, 0.3) is 0 Å². The lowest BCUT2D eigenvalue weighted by atomic mass is 10.1. The molecule has 4 heteroatoms. The molecule has 0 saturated carbocycles. The molecule has 0 radical (unpaired) electrons. The van der Waals surface area contributed by atoms with E-state index in [-0.39, 0.29) is 18.0 Å². The fraction of sp³-hybridized carbons (Fsp3) is 0.333. The van der Waals surface area contributed by atoms with Crippen LogP contribution in [0.5, 0.6) is 5.75 Å². The third-order valence-electron chi connectivity index (χ3n) is 3.03. The van der Waals surface area contributed by atoms with Gasteiger partial charge in [-0.2, -0.15) is 0 Å². The fourth-order valence-electron chi connectivity index (χ4n) is 1.96. The molecule has 2 aromatic rings. The van der Waals surface area contributed by atoms with Crippen LogP contribution in [0.15, 0.2) is 29.6 Å². The molecule has 2 rings (SSSR count). The van der Waals surface area contributed by atoms with E-state index in [2.05, 4.69) is 6.07 Å². The molecule has 2 N–H and O–H groups in total. The van der Waals surface area contributed by atoms with Crippen molar-refractivity contribution in [2.45, 2.75) is 32.9 Å². The second-order valence-electron chi connectivity index (χ2n) is 4.78. The summed E-state index contributed by atoms with van der Waals surface area (Å²) in [6.07, 6.45) is -0.204. The summed E-state index contributed by atoms with van der Waals surface area (Å²) < 4.78 is 19.1. The molecule has 1 heterocycles. The standard InChI is InChI=1S/C15H18FNOS/c1-9-6-7-19-15(9)14(11(3)17)18-13-5-4-12(16)8-10(13)2/h4-8,11,14H,17H2,1-3H3. The highest BCUT2D eigenvalue weighted by Gasteiger charge is 2.22. The molecule has 1 aromatic carbocycles. The van der Waals surface area contributed by atoms with Gasteiger partial charge in [-0.3, -0.25) is 0 Å². The van der Waals surface area contributed by atoms with E-state index < -0.39 is 0 Å². The summed E-state index contributed by atoms with van der Waals surface area (Å²) in [4.78, 5) is 1.12. The minimum absolute atomic E-state index is 0.137. The summed E-state index contributed by atoms with van der Waals surface area (Å²) in [7, 11) is 0. The fourth-order valence-corrected chi connectivity index (χ4v) is 3.03. The summed E-state index contributed by atoms with van der Waals surface area (Å²) >= 11 is 1.64. The Morgan fingerprint density at radius 3 is 2.47 bits per heavy atom. The van der Waals surface area contributed by atoms with Gasteiger partial charge in [-0.05, 0) is 61.5 Å². The van der Waals surface area contributed by atoms with E-state index in [0.717, 1.165) is 10.4 Å². The van der Waals surface area contributed by atoms with Gasteiger partial charge in [0.15, 0.2) is 0 Å². The highest BCUT2D eigenvalue weighted by Crippen LogP contribution is 2.32. The van der Waals surface area contributed by atoms with Crippen LogP contribution in [0, 0.1) is 19.7 Å². The molecule has 19 heavy (non-hydrogen) atoms. The number of hydrogen-bond donors (Lipinski definition) is 1. The molecule has 0 saturated heterocycles. The second-order valence-corrected chi connectivity index (χ2v) is 5.72. The number of rotatable bonds is 4. The van der Waals surface area contributed by atoms with E-state index in [0.29, 0.717) is 5.75 Å². The number of ether oxygens (including phenoxy) is 1. The van der Waals surface area contributed by atoms with E-state index in [1.165, 1.54) is 17.7 Å². The highest BCUT2D eigenvalue weighted by atomic mass is 32.1. The highest BCUT2D eigenvalue weighted by molar-refractivity contribution is 7.10. The molecule has 1 aromatic heterocycles. The normalized spacial score (nSPS) is 14.2. The predicted octanol–water partition coefficient (Wildman–Crippen LogP) is 3.97. The van der Waals surface area contributed by atoms with Crippen molar-refractivity contribution in [3.8, 4) is 5.75 Å². The van der Waals surface area contributed by atoms with Gasteiger partial charge < -0.3 is 10.5 Å². The number of thiophene rings is 1. The summed E-state index contributed by atoms with van der Waals surface area (Å²) in [5.74, 6) is 0.422. The van der Waals surface area contributed by atoms with Crippen molar-refractivity contribution in [3.63, 3.8) is 0 Å². The molecule has 2 unspecified atom stereocenters. The van der Waals surface area contributed by atoms with Crippen LogP contribution >= 0.6 is 11.3 Å². The molecule has 0 aliphatic heterocycles. The lowest BCUT2D eigenvalue weighted by Gasteiger charge is -2.23. The van der Waals surface area contributed by atoms with Crippen LogP contribution in [0.1, 0.15) is 29.0 Å². The van der Waals surface area contributed by atoms with Crippen LogP contribution in [0.3, 0.4) is 0 Å². The predicted molar refractivity (Wildman–Crippen MR) is 77.2 cm³/mol. The number of benzene rings is 1. The topological polar surface area (TPSA) is 35.2 Å². The smallest absolute Gasteiger partial charge is 0.148 e. The molecule has 0 aliphatic rings. The molecule has 0 spiro atoms. The zero-order chi connectivity index (χ0) is 14.0. The van der Waals surface area contributed by atoms with E-state index in [9.17, 15) is 4.39 Å². The Balaban J connectivity index is 2.29. The number of nitrogens with two attached hydrogens (primary N) is 1. The van der Waals surface area contributed by atoms with Gasteiger partial charge in [-0.15, -0.1) is 11.3 Å².